The number of allylic oxidation sites excluding steroid dienone is 3. The van der Waals surface area contributed by atoms with Crippen molar-refractivity contribution in [3.8, 4) is 0 Å². The second kappa shape index (κ2) is 3.51. The molecule has 0 atom stereocenters. The van der Waals surface area contributed by atoms with Gasteiger partial charge in [-0.2, -0.15) is 0 Å². The van der Waals surface area contributed by atoms with Gasteiger partial charge in [-0.25, -0.2) is 0 Å². The van der Waals surface area contributed by atoms with Gasteiger partial charge in [0.2, 0.25) is 0 Å². The third-order valence-corrected chi connectivity index (χ3v) is 3.46. The molecule has 1 heterocycles. The number of aryl methyl sites for hydroxylation is 1. The van der Waals surface area contributed by atoms with Crippen LogP contribution in [0, 0.1) is 6.92 Å². The summed E-state index contributed by atoms with van der Waals surface area (Å²) in [7, 11) is 0. The van der Waals surface area contributed by atoms with Crippen LogP contribution in [-0.4, -0.2) is 0 Å². The maximum absolute atomic E-state index is 2.34. The van der Waals surface area contributed by atoms with Crippen molar-refractivity contribution in [2.24, 2.45) is 0 Å². The van der Waals surface area contributed by atoms with E-state index in [-0.39, 0.29) is 0 Å². The quantitative estimate of drug-likeness (QED) is 0.628. The first-order chi connectivity index (χ1) is 6.29. The predicted octanol–water partition coefficient (Wildman–Crippen LogP) is 3.96. The molecule has 0 amide bonds. The molecule has 0 aromatic carbocycles. The average molecular weight is 190 g/mol. The van der Waals surface area contributed by atoms with Crippen molar-refractivity contribution < 1.29 is 0 Å². The fraction of sp³-hybridized carbons (Fsp3) is 0.333. The highest BCUT2D eigenvalue weighted by Crippen LogP contribution is 2.27. The van der Waals surface area contributed by atoms with Gasteiger partial charge in [-0.15, -0.1) is 11.3 Å². The third-order valence-electron chi connectivity index (χ3n) is 2.41. The van der Waals surface area contributed by atoms with Gasteiger partial charge in [0.25, 0.3) is 0 Å². The summed E-state index contributed by atoms with van der Waals surface area (Å²) < 4.78 is 0. The Morgan fingerprint density at radius 1 is 1.38 bits per heavy atom. The molecular weight excluding hydrogens is 176 g/mol. The Hall–Kier alpha value is -0.820. The molecule has 0 N–H and O–H groups in total. The summed E-state index contributed by atoms with van der Waals surface area (Å²) in [5.74, 6) is 0. The van der Waals surface area contributed by atoms with Crippen LogP contribution in [0.15, 0.2) is 23.8 Å². The summed E-state index contributed by atoms with van der Waals surface area (Å²) in [6.07, 6.45) is 9.10. The van der Waals surface area contributed by atoms with Crippen molar-refractivity contribution in [1.29, 1.82) is 0 Å². The SMILES string of the molecule is CCC1=CCc2cc(C)sc2C=C1. The van der Waals surface area contributed by atoms with Crippen molar-refractivity contribution in [2.75, 3.05) is 0 Å². The lowest BCUT2D eigenvalue weighted by Crippen LogP contribution is -1.78. The smallest absolute Gasteiger partial charge is 0.0308 e. The van der Waals surface area contributed by atoms with Gasteiger partial charge in [0.15, 0.2) is 0 Å². The molecule has 1 aliphatic carbocycles. The molecule has 0 unspecified atom stereocenters. The minimum atomic E-state index is 1.11. The van der Waals surface area contributed by atoms with Crippen LogP contribution in [0.1, 0.15) is 28.7 Å². The molecule has 1 aromatic heterocycles. The summed E-state index contributed by atoms with van der Waals surface area (Å²) >= 11 is 1.90. The largest absolute Gasteiger partial charge is 0.141 e. The monoisotopic (exact) mass is 190 g/mol. The van der Waals surface area contributed by atoms with Gasteiger partial charge >= 0.3 is 0 Å². The minimum Gasteiger partial charge on any atom is -0.141 e. The average Bonchev–Trinajstić information content (AvgIpc) is 2.37. The summed E-state index contributed by atoms with van der Waals surface area (Å²) in [5.41, 5.74) is 2.95. The maximum atomic E-state index is 2.34. The predicted molar refractivity (Wildman–Crippen MR) is 60.2 cm³/mol. The Morgan fingerprint density at radius 3 is 3.00 bits per heavy atom. The fourth-order valence-corrected chi connectivity index (χ4v) is 2.60. The molecule has 0 fully saturated rings. The Balaban J connectivity index is 2.36. The van der Waals surface area contributed by atoms with E-state index in [9.17, 15) is 0 Å². The second-order valence-electron chi connectivity index (χ2n) is 3.42. The summed E-state index contributed by atoms with van der Waals surface area (Å²) in [6, 6.07) is 2.31. The van der Waals surface area contributed by atoms with Crippen LogP contribution in [-0.2, 0) is 6.42 Å². The second-order valence-corrected chi connectivity index (χ2v) is 4.70. The highest BCUT2D eigenvalue weighted by molar-refractivity contribution is 7.13. The van der Waals surface area contributed by atoms with E-state index >= 15 is 0 Å². The molecule has 0 radical (unpaired) electrons. The molecule has 0 bridgehead atoms. The van der Waals surface area contributed by atoms with E-state index in [2.05, 4.69) is 38.1 Å². The van der Waals surface area contributed by atoms with Gasteiger partial charge in [0.1, 0.15) is 0 Å². The maximum Gasteiger partial charge on any atom is 0.0308 e. The van der Waals surface area contributed by atoms with Crippen molar-refractivity contribution in [2.45, 2.75) is 26.7 Å². The number of fused-ring (bicyclic) bond motifs is 1. The van der Waals surface area contributed by atoms with Gasteiger partial charge in [0.05, 0.1) is 0 Å². The summed E-state index contributed by atoms with van der Waals surface area (Å²) in [4.78, 5) is 2.86. The Morgan fingerprint density at radius 2 is 2.23 bits per heavy atom. The molecule has 13 heavy (non-hydrogen) atoms. The first-order valence-electron chi connectivity index (χ1n) is 4.76. The first kappa shape index (κ1) is 8.76. The molecule has 0 nitrogen and oxygen atoms in total. The third kappa shape index (κ3) is 1.75. The van der Waals surface area contributed by atoms with E-state index in [0.717, 1.165) is 12.8 Å². The number of hydrogen-bond acceptors (Lipinski definition) is 1. The summed E-state index contributed by atoms with van der Waals surface area (Å²) in [5, 5.41) is 0. The Bertz CT molecular complexity index is 366. The molecule has 0 saturated carbocycles. The van der Waals surface area contributed by atoms with Crippen LogP contribution in [0.5, 0.6) is 0 Å². The van der Waals surface area contributed by atoms with E-state index < -0.39 is 0 Å². The van der Waals surface area contributed by atoms with E-state index in [0.29, 0.717) is 0 Å². The Kier molecular flexibility index (Phi) is 2.36. The zero-order chi connectivity index (χ0) is 9.26. The van der Waals surface area contributed by atoms with E-state index in [1.54, 1.807) is 0 Å². The lowest BCUT2D eigenvalue weighted by molar-refractivity contribution is 1.12. The standard InChI is InChI=1S/C12H14S/c1-3-10-4-6-11-8-9(2)13-12(11)7-5-10/h4-5,7-8H,3,6H2,1-2H3. The van der Waals surface area contributed by atoms with Crippen LogP contribution in [0.25, 0.3) is 6.08 Å². The van der Waals surface area contributed by atoms with Crippen LogP contribution in [0.3, 0.4) is 0 Å². The van der Waals surface area contributed by atoms with Gasteiger partial charge < -0.3 is 0 Å². The van der Waals surface area contributed by atoms with Crippen LogP contribution < -0.4 is 0 Å². The number of hydrogen-bond donors (Lipinski definition) is 0. The van der Waals surface area contributed by atoms with Crippen molar-refractivity contribution >= 4 is 17.4 Å². The molecule has 1 aromatic rings. The highest BCUT2D eigenvalue weighted by atomic mass is 32.1. The highest BCUT2D eigenvalue weighted by Gasteiger charge is 2.05. The molecule has 0 spiro atoms. The molecule has 0 aliphatic heterocycles. The molecule has 1 aliphatic rings. The van der Waals surface area contributed by atoms with Crippen molar-refractivity contribution in [3.05, 3.63) is 39.1 Å². The van der Waals surface area contributed by atoms with Crippen molar-refractivity contribution in [3.63, 3.8) is 0 Å². The normalized spacial score (nSPS) is 15.1. The summed E-state index contributed by atoms with van der Waals surface area (Å²) in [6.45, 7) is 4.39. The molecule has 2 rings (SSSR count). The zero-order valence-corrected chi connectivity index (χ0v) is 8.95. The van der Waals surface area contributed by atoms with E-state index in [1.807, 2.05) is 11.3 Å². The zero-order valence-electron chi connectivity index (χ0n) is 8.13. The lowest BCUT2D eigenvalue weighted by Gasteiger charge is -1.92. The van der Waals surface area contributed by atoms with E-state index in [4.69, 9.17) is 0 Å². The van der Waals surface area contributed by atoms with Gasteiger partial charge in [-0.3, -0.25) is 0 Å². The van der Waals surface area contributed by atoms with Gasteiger partial charge in [-0.1, -0.05) is 24.6 Å². The fourth-order valence-electron chi connectivity index (χ4n) is 1.64. The Labute approximate surface area is 83.6 Å². The van der Waals surface area contributed by atoms with Crippen LogP contribution in [0.2, 0.25) is 0 Å². The lowest BCUT2D eigenvalue weighted by atomic mass is 10.1. The number of rotatable bonds is 1. The van der Waals surface area contributed by atoms with Gasteiger partial charge in [-0.05, 0) is 37.5 Å². The minimum absolute atomic E-state index is 1.11. The first-order valence-corrected chi connectivity index (χ1v) is 5.57. The van der Waals surface area contributed by atoms with Gasteiger partial charge in [0, 0.05) is 9.75 Å². The van der Waals surface area contributed by atoms with E-state index in [1.165, 1.54) is 20.9 Å². The molecular formula is C12H14S. The topological polar surface area (TPSA) is 0 Å². The molecule has 1 heteroatoms. The number of thiophene rings is 1. The molecule has 68 valence electrons. The molecule has 0 saturated heterocycles. The van der Waals surface area contributed by atoms with Crippen LogP contribution >= 0.6 is 11.3 Å². The van der Waals surface area contributed by atoms with Crippen molar-refractivity contribution in [1.82, 2.24) is 0 Å². The van der Waals surface area contributed by atoms with Crippen LogP contribution in [0.4, 0.5) is 0 Å².